The Morgan fingerprint density at radius 3 is 2.43 bits per heavy atom. The minimum Gasteiger partial charge on any atom is -0.493 e. The lowest BCUT2D eigenvalue weighted by Gasteiger charge is -2.43. The van der Waals surface area contributed by atoms with Gasteiger partial charge in [-0.2, -0.15) is 0 Å². The van der Waals surface area contributed by atoms with Crippen LogP contribution < -0.4 is 14.8 Å². The molecule has 0 spiro atoms. The zero-order valence-corrected chi connectivity index (χ0v) is 13.6. The first-order chi connectivity index (χ1) is 10.1. The van der Waals surface area contributed by atoms with Gasteiger partial charge in [-0.15, -0.1) is 0 Å². The van der Waals surface area contributed by atoms with E-state index in [2.05, 4.69) is 5.32 Å². The highest BCUT2D eigenvalue weighted by molar-refractivity contribution is 6.33. The highest BCUT2D eigenvalue weighted by atomic mass is 35.5. The van der Waals surface area contributed by atoms with Gasteiger partial charge in [-0.05, 0) is 13.3 Å². The zero-order chi connectivity index (χ0) is 15.4. The summed E-state index contributed by atoms with van der Waals surface area (Å²) < 4.78 is 21.6. The first-order valence-corrected chi connectivity index (χ1v) is 7.34. The van der Waals surface area contributed by atoms with Crippen molar-refractivity contribution in [3.05, 3.63) is 17.2 Å². The zero-order valence-electron chi connectivity index (χ0n) is 12.8. The molecule has 3 atom stereocenters. The quantitative estimate of drug-likeness (QED) is 0.838. The van der Waals surface area contributed by atoms with E-state index in [1.165, 1.54) is 0 Å². The molecule has 118 valence electrons. The third kappa shape index (κ3) is 3.36. The van der Waals surface area contributed by atoms with E-state index in [0.29, 0.717) is 23.1 Å². The Morgan fingerprint density at radius 1 is 1.19 bits per heavy atom. The molecule has 0 bridgehead atoms. The fourth-order valence-corrected chi connectivity index (χ4v) is 2.79. The number of benzene rings is 1. The maximum Gasteiger partial charge on any atom is 0.162 e. The lowest BCUT2D eigenvalue weighted by molar-refractivity contribution is -0.118. The van der Waals surface area contributed by atoms with Gasteiger partial charge in [0, 0.05) is 25.8 Å². The summed E-state index contributed by atoms with van der Waals surface area (Å²) in [6.07, 6.45) is 1.04. The lowest BCUT2D eigenvalue weighted by atomic mass is 9.85. The fraction of sp³-hybridized carbons (Fsp3) is 0.600. The number of anilines is 1. The van der Waals surface area contributed by atoms with Crippen molar-refractivity contribution in [2.45, 2.75) is 31.6 Å². The first-order valence-electron chi connectivity index (χ1n) is 6.97. The molecular formula is C15H22ClNO4. The smallest absolute Gasteiger partial charge is 0.162 e. The van der Waals surface area contributed by atoms with E-state index in [0.717, 1.165) is 12.1 Å². The van der Waals surface area contributed by atoms with Crippen LogP contribution in [0.4, 0.5) is 5.69 Å². The second-order valence-electron chi connectivity index (χ2n) is 4.87. The minimum atomic E-state index is 0.0223. The van der Waals surface area contributed by atoms with Gasteiger partial charge < -0.3 is 24.3 Å². The Balaban J connectivity index is 2.10. The van der Waals surface area contributed by atoms with Crippen molar-refractivity contribution in [1.82, 2.24) is 0 Å². The summed E-state index contributed by atoms with van der Waals surface area (Å²) in [6, 6.07) is 3.74. The topological polar surface area (TPSA) is 49.0 Å². The van der Waals surface area contributed by atoms with E-state index in [9.17, 15) is 0 Å². The first kappa shape index (κ1) is 16.2. The van der Waals surface area contributed by atoms with E-state index in [1.54, 1.807) is 27.4 Å². The van der Waals surface area contributed by atoms with Crippen molar-refractivity contribution in [2.75, 3.05) is 33.3 Å². The molecule has 1 fully saturated rings. The van der Waals surface area contributed by atoms with Crippen LogP contribution in [0.5, 0.6) is 11.5 Å². The summed E-state index contributed by atoms with van der Waals surface area (Å²) in [7, 11) is 4.88. The summed E-state index contributed by atoms with van der Waals surface area (Å²) >= 11 is 6.28. The van der Waals surface area contributed by atoms with Gasteiger partial charge in [-0.3, -0.25) is 0 Å². The van der Waals surface area contributed by atoms with E-state index in [4.69, 9.17) is 30.5 Å². The molecule has 1 aromatic rings. The minimum absolute atomic E-state index is 0.0223. The van der Waals surface area contributed by atoms with E-state index >= 15 is 0 Å². The second kappa shape index (κ2) is 7.20. The number of halogens is 1. The van der Waals surface area contributed by atoms with Crippen molar-refractivity contribution in [2.24, 2.45) is 0 Å². The molecule has 0 saturated heterocycles. The maximum absolute atomic E-state index is 6.28. The molecule has 0 aliphatic heterocycles. The second-order valence-corrected chi connectivity index (χ2v) is 5.27. The van der Waals surface area contributed by atoms with Crippen molar-refractivity contribution in [1.29, 1.82) is 0 Å². The highest BCUT2D eigenvalue weighted by Gasteiger charge is 2.42. The molecule has 5 nitrogen and oxygen atoms in total. The number of methoxy groups -OCH3 is 3. The SMILES string of the molecule is CCOC1CC(Nc2cc(OC)c(OC)cc2Cl)C1OC. The molecule has 0 aromatic heterocycles. The summed E-state index contributed by atoms with van der Waals surface area (Å²) in [5, 5.41) is 3.98. The number of hydrogen-bond acceptors (Lipinski definition) is 5. The fourth-order valence-electron chi connectivity index (χ4n) is 2.58. The summed E-state index contributed by atoms with van der Waals surface area (Å²) in [5.74, 6) is 1.25. The van der Waals surface area contributed by atoms with Crippen LogP contribution in [0.25, 0.3) is 0 Å². The third-order valence-corrected chi connectivity index (χ3v) is 4.03. The molecule has 1 N–H and O–H groups in total. The van der Waals surface area contributed by atoms with Gasteiger partial charge in [0.2, 0.25) is 0 Å². The molecule has 21 heavy (non-hydrogen) atoms. The van der Waals surface area contributed by atoms with Crippen molar-refractivity contribution >= 4 is 17.3 Å². The van der Waals surface area contributed by atoms with Gasteiger partial charge in [0.05, 0.1) is 37.1 Å². The van der Waals surface area contributed by atoms with Gasteiger partial charge in [0.1, 0.15) is 6.10 Å². The molecule has 1 aromatic carbocycles. The van der Waals surface area contributed by atoms with Crippen LogP contribution in [0, 0.1) is 0 Å². The highest BCUT2D eigenvalue weighted by Crippen LogP contribution is 2.38. The van der Waals surface area contributed by atoms with Crippen LogP contribution in [0.2, 0.25) is 5.02 Å². The van der Waals surface area contributed by atoms with E-state index in [-0.39, 0.29) is 18.2 Å². The number of hydrogen-bond donors (Lipinski definition) is 1. The van der Waals surface area contributed by atoms with Crippen LogP contribution in [-0.2, 0) is 9.47 Å². The van der Waals surface area contributed by atoms with Gasteiger partial charge in [0.25, 0.3) is 0 Å². The van der Waals surface area contributed by atoms with Crippen molar-refractivity contribution in [3.8, 4) is 11.5 Å². The van der Waals surface area contributed by atoms with Crippen molar-refractivity contribution in [3.63, 3.8) is 0 Å². The van der Waals surface area contributed by atoms with Gasteiger partial charge in [-0.1, -0.05) is 11.6 Å². The average Bonchev–Trinajstić information content (AvgIpc) is 2.47. The van der Waals surface area contributed by atoms with Crippen LogP contribution in [0.3, 0.4) is 0 Å². The molecular weight excluding hydrogens is 294 g/mol. The Morgan fingerprint density at radius 2 is 1.86 bits per heavy atom. The Bertz CT molecular complexity index is 483. The monoisotopic (exact) mass is 315 g/mol. The van der Waals surface area contributed by atoms with E-state index < -0.39 is 0 Å². The number of rotatable bonds is 7. The predicted molar refractivity (Wildman–Crippen MR) is 82.8 cm³/mol. The summed E-state index contributed by atoms with van der Waals surface area (Å²) in [5.41, 5.74) is 0.802. The Labute approximate surface area is 130 Å². The number of nitrogens with one attached hydrogen (secondary N) is 1. The van der Waals surface area contributed by atoms with Gasteiger partial charge >= 0.3 is 0 Å². The predicted octanol–water partition coefficient (Wildman–Crippen LogP) is 2.96. The third-order valence-electron chi connectivity index (χ3n) is 3.72. The number of ether oxygens (including phenoxy) is 4. The largest absolute Gasteiger partial charge is 0.493 e. The van der Waals surface area contributed by atoms with Crippen LogP contribution in [0.15, 0.2) is 12.1 Å². The maximum atomic E-state index is 6.28. The molecule has 0 radical (unpaired) electrons. The standard InChI is InChI=1S/C15H22ClNO4/c1-5-21-14-8-11(15(14)20-4)17-10-7-13(19-3)12(18-2)6-9(10)16/h6-7,11,14-15,17H,5,8H2,1-4H3. The molecule has 6 heteroatoms. The normalized spacial score (nSPS) is 24.3. The molecule has 0 heterocycles. The molecule has 3 unspecified atom stereocenters. The van der Waals surface area contributed by atoms with E-state index in [1.807, 2.05) is 13.0 Å². The lowest BCUT2D eigenvalue weighted by Crippen LogP contribution is -2.56. The van der Waals surface area contributed by atoms with Gasteiger partial charge in [-0.25, -0.2) is 0 Å². The Hall–Kier alpha value is -1.17. The Kier molecular flexibility index (Phi) is 5.56. The molecule has 1 saturated carbocycles. The molecule has 0 amide bonds. The molecule has 1 aliphatic carbocycles. The molecule has 1 aliphatic rings. The summed E-state index contributed by atoms with van der Waals surface area (Å²) in [6.45, 7) is 2.67. The average molecular weight is 316 g/mol. The van der Waals surface area contributed by atoms with Crippen molar-refractivity contribution < 1.29 is 18.9 Å². The van der Waals surface area contributed by atoms with Crippen LogP contribution in [0.1, 0.15) is 13.3 Å². The van der Waals surface area contributed by atoms with Gasteiger partial charge in [0.15, 0.2) is 11.5 Å². The van der Waals surface area contributed by atoms with Crippen LogP contribution >= 0.6 is 11.6 Å². The van der Waals surface area contributed by atoms with Crippen LogP contribution in [-0.4, -0.2) is 46.2 Å². The summed E-state index contributed by atoms with van der Waals surface area (Å²) in [4.78, 5) is 0. The molecule has 2 rings (SSSR count).